The molecule has 3 rings (SSSR count). The van der Waals surface area contributed by atoms with Crippen LogP contribution >= 0.6 is 0 Å². The van der Waals surface area contributed by atoms with Gasteiger partial charge in [0.15, 0.2) is 0 Å². The van der Waals surface area contributed by atoms with Crippen LogP contribution in [0.2, 0.25) is 0 Å². The summed E-state index contributed by atoms with van der Waals surface area (Å²) in [5, 5.41) is 11.5. The van der Waals surface area contributed by atoms with Crippen molar-refractivity contribution >= 4 is 0 Å². The molecule has 0 bridgehead atoms. The predicted molar refractivity (Wildman–Crippen MR) is 87.2 cm³/mol. The molecule has 1 unspecified atom stereocenters. The molecule has 21 heavy (non-hydrogen) atoms. The van der Waals surface area contributed by atoms with Crippen LogP contribution in [0.4, 0.5) is 0 Å². The van der Waals surface area contributed by atoms with Crippen LogP contribution in [-0.2, 0) is 12.8 Å². The third-order valence-corrected chi connectivity index (χ3v) is 6.21. The van der Waals surface area contributed by atoms with E-state index < -0.39 is 5.60 Å². The maximum atomic E-state index is 11.5. The third kappa shape index (κ3) is 2.53. The Bertz CT molecular complexity index is 497. The normalized spacial score (nSPS) is 30.7. The van der Waals surface area contributed by atoms with Crippen LogP contribution in [0.5, 0.6) is 0 Å². The van der Waals surface area contributed by atoms with E-state index in [4.69, 9.17) is 5.73 Å². The Balaban J connectivity index is 1.90. The molecule has 1 saturated carbocycles. The molecule has 2 aliphatic carbocycles. The second-order valence-electron chi connectivity index (χ2n) is 8.16. The van der Waals surface area contributed by atoms with Crippen LogP contribution in [0.15, 0.2) is 24.3 Å². The van der Waals surface area contributed by atoms with Crippen LogP contribution in [0.3, 0.4) is 0 Å². The summed E-state index contributed by atoms with van der Waals surface area (Å²) in [6.45, 7) is 5.24. The first-order valence-electron chi connectivity index (χ1n) is 8.39. The summed E-state index contributed by atoms with van der Waals surface area (Å²) in [5.74, 6) is 0. The minimum atomic E-state index is -0.603. The summed E-state index contributed by atoms with van der Waals surface area (Å²) < 4.78 is 0. The lowest BCUT2D eigenvalue weighted by molar-refractivity contribution is -0.0890. The first-order valence-corrected chi connectivity index (χ1v) is 8.39. The number of benzene rings is 1. The molecular formula is C19H29NO. The second kappa shape index (κ2) is 5.10. The standard InChI is InChI=1S/C19H29NO/c1-17(2)8-5-9-19(21,11-10-17)18(14-20)12-15-6-3-4-7-16(15)13-18/h3-4,6-7,21H,5,8-14,20H2,1-2H3. The van der Waals surface area contributed by atoms with Crippen molar-refractivity contribution in [3.63, 3.8) is 0 Å². The molecule has 116 valence electrons. The summed E-state index contributed by atoms with van der Waals surface area (Å²) in [4.78, 5) is 0. The highest BCUT2D eigenvalue weighted by molar-refractivity contribution is 5.36. The van der Waals surface area contributed by atoms with E-state index in [1.807, 2.05) is 0 Å². The number of aliphatic hydroxyl groups is 1. The Labute approximate surface area is 128 Å². The molecule has 0 spiro atoms. The highest BCUT2D eigenvalue weighted by Gasteiger charge is 2.52. The van der Waals surface area contributed by atoms with Crippen LogP contribution in [0.1, 0.15) is 57.1 Å². The number of hydrogen-bond donors (Lipinski definition) is 2. The van der Waals surface area contributed by atoms with Crippen molar-refractivity contribution in [1.82, 2.24) is 0 Å². The van der Waals surface area contributed by atoms with Crippen LogP contribution in [-0.4, -0.2) is 17.3 Å². The van der Waals surface area contributed by atoms with Gasteiger partial charge in [-0.15, -0.1) is 0 Å². The highest BCUT2D eigenvalue weighted by atomic mass is 16.3. The van der Waals surface area contributed by atoms with Crippen molar-refractivity contribution < 1.29 is 5.11 Å². The van der Waals surface area contributed by atoms with E-state index >= 15 is 0 Å². The van der Waals surface area contributed by atoms with E-state index in [9.17, 15) is 5.11 Å². The molecule has 0 radical (unpaired) electrons. The zero-order chi connectivity index (χ0) is 15.1. The SMILES string of the molecule is CC1(C)CCCC(O)(C2(CN)Cc3ccccc3C2)CC1. The first-order chi connectivity index (χ1) is 9.90. The van der Waals surface area contributed by atoms with Crippen LogP contribution in [0, 0.1) is 10.8 Å². The fourth-order valence-corrected chi connectivity index (χ4v) is 4.54. The van der Waals surface area contributed by atoms with Crippen LogP contribution in [0.25, 0.3) is 0 Å². The number of fused-ring (bicyclic) bond motifs is 1. The smallest absolute Gasteiger partial charge is 0.0722 e. The Hall–Kier alpha value is -0.860. The van der Waals surface area contributed by atoms with Gasteiger partial charge in [-0.05, 0) is 55.1 Å². The molecule has 0 aromatic heterocycles. The molecule has 0 aliphatic heterocycles. The Morgan fingerprint density at radius 1 is 1.00 bits per heavy atom. The fourth-order valence-electron chi connectivity index (χ4n) is 4.54. The molecule has 0 amide bonds. The summed E-state index contributed by atoms with van der Waals surface area (Å²) in [6, 6.07) is 8.62. The molecule has 1 atom stereocenters. The minimum Gasteiger partial charge on any atom is -0.389 e. The number of rotatable bonds is 2. The largest absolute Gasteiger partial charge is 0.389 e. The number of nitrogens with two attached hydrogens (primary N) is 1. The summed E-state index contributed by atoms with van der Waals surface area (Å²) in [6.07, 6.45) is 7.10. The van der Waals surface area contributed by atoms with Crippen molar-refractivity contribution in [2.24, 2.45) is 16.6 Å². The van der Waals surface area contributed by atoms with Crippen molar-refractivity contribution in [2.75, 3.05) is 6.54 Å². The van der Waals surface area contributed by atoms with E-state index in [2.05, 4.69) is 38.1 Å². The summed E-state index contributed by atoms with van der Waals surface area (Å²) >= 11 is 0. The Morgan fingerprint density at radius 3 is 2.19 bits per heavy atom. The fraction of sp³-hybridized carbons (Fsp3) is 0.684. The van der Waals surface area contributed by atoms with E-state index in [-0.39, 0.29) is 5.41 Å². The van der Waals surface area contributed by atoms with Gasteiger partial charge in [-0.1, -0.05) is 44.5 Å². The summed E-state index contributed by atoms with van der Waals surface area (Å²) in [7, 11) is 0. The van der Waals surface area contributed by atoms with Gasteiger partial charge in [0.05, 0.1) is 5.60 Å². The van der Waals surface area contributed by atoms with Gasteiger partial charge in [-0.3, -0.25) is 0 Å². The molecule has 2 heteroatoms. The molecule has 2 aliphatic rings. The number of hydrogen-bond acceptors (Lipinski definition) is 2. The van der Waals surface area contributed by atoms with Crippen molar-refractivity contribution in [3.8, 4) is 0 Å². The van der Waals surface area contributed by atoms with Crippen LogP contribution < -0.4 is 5.73 Å². The minimum absolute atomic E-state index is 0.156. The Morgan fingerprint density at radius 2 is 1.62 bits per heavy atom. The maximum absolute atomic E-state index is 11.5. The van der Waals surface area contributed by atoms with Crippen molar-refractivity contribution in [1.29, 1.82) is 0 Å². The van der Waals surface area contributed by atoms with Crippen molar-refractivity contribution in [3.05, 3.63) is 35.4 Å². The molecule has 1 fully saturated rings. The van der Waals surface area contributed by atoms with Crippen molar-refractivity contribution in [2.45, 2.75) is 64.4 Å². The monoisotopic (exact) mass is 287 g/mol. The van der Waals surface area contributed by atoms with E-state index in [1.165, 1.54) is 17.5 Å². The average molecular weight is 287 g/mol. The van der Waals surface area contributed by atoms with Gasteiger partial charge in [0.2, 0.25) is 0 Å². The zero-order valence-corrected chi connectivity index (χ0v) is 13.5. The first kappa shape index (κ1) is 15.1. The molecule has 0 saturated heterocycles. The van der Waals surface area contributed by atoms with Gasteiger partial charge in [0.25, 0.3) is 0 Å². The predicted octanol–water partition coefficient (Wildman–Crippen LogP) is 3.45. The highest BCUT2D eigenvalue weighted by Crippen LogP contribution is 2.51. The zero-order valence-electron chi connectivity index (χ0n) is 13.5. The maximum Gasteiger partial charge on any atom is 0.0722 e. The van der Waals surface area contributed by atoms with E-state index in [0.717, 1.165) is 38.5 Å². The van der Waals surface area contributed by atoms with E-state index in [0.29, 0.717) is 12.0 Å². The van der Waals surface area contributed by atoms with E-state index in [1.54, 1.807) is 0 Å². The second-order valence-corrected chi connectivity index (χ2v) is 8.16. The molecule has 2 nitrogen and oxygen atoms in total. The lowest BCUT2D eigenvalue weighted by Crippen LogP contribution is -2.53. The molecule has 0 heterocycles. The molecule has 1 aromatic rings. The average Bonchev–Trinajstić information content (AvgIpc) is 2.78. The molecular weight excluding hydrogens is 258 g/mol. The molecule has 3 N–H and O–H groups in total. The van der Waals surface area contributed by atoms with Gasteiger partial charge in [-0.25, -0.2) is 0 Å². The lowest BCUT2D eigenvalue weighted by atomic mass is 9.65. The van der Waals surface area contributed by atoms with Gasteiger partial charge < -0.3 is 10.8 Å². The van der Waals surface area contributed by atoms with Gasteiger partial charge in [0, 0.05) is 12.0 Å². The Kier molecular flexibility index (Phi) is 3.66. The summed E-state index contributed by atoms with van der Waals surface area (Å²) in [5.41, 5.74) is 8.60. The third-order valence-electron chi connectivity index (χ3n) is 6.21. The van der Waals surface area contributed by atoms with Gasteiger partial charge >= 0.3 is 0 Å². The molecule has 1 aromatic carbocycles. The van der Waals surface area contributed by atoms with Gasteiger partial charge in [-0.2, -0.15) is 0 Å². The lowest BCUT2D eigenvalue weighted by Gasteiger charge is -2.45. The topological polar surface area (TPSA) is 46.2 Å². The van der Waals surface area contributed by atoms with Gasteiger partial charge in [0.1, 0.15) is 0 Å². The quantitative estimate of drug-likeness (QED) is 0.818.